The molecule has 1 unspecified atom stereocenters. The van der Waals surface area contributed by atoms with Crippen molar-refractivity contribution in [1.29, 1.82) is 5.26 Å². The molecule has 1 saturated heterocycles. The van der Waals surface area contributed by atoms with Crippen molar-refractivity contribution in [1.82, 2.24) is 5.32 Å². The molecule has 0 amide bonds. The van der Waals surface area contributed by atoms with Gasteiger partial charge in [0, 0.05) is 22.7 Å². The van der Waals surface area contributed by atoms with Crippen molar-refractivity contribution < 1.29 is 0 Å². The Balaban J connectivity index is 1.90. The zero-order chi connectivity index (χ0) is 12.1. The van der Waals surface area contributed by atoms with Crippen LogP contribution in [0.3, 0.4) is 0 Å². The fraction of sp³-hybridized carbons (Fsp3) is 0.462. The Bertz CT molecular complexity index is 419. The highest BCUT2D eigenvalue weighted by Gasteiger charge is 2.11. The smallest absolute Gasteiger partial charge is 0.100 e. The maximum atomic E-state index is 8.83. The average Bonchev–Trinajstić information content (AvgIpc) is 2.38. The maximum Gasteiger partial charge on any atom is 0.100 e. The summed E-state index contributed by atoms with van der Waals surface area (Å²) < 4.78 is 0.849. The second-order valence-corrected chi connectivity index (χ2v) is 5.19. The summed E-state index contributed by atoms with van der Waals surface area (Å²) in [5.74, 6) is 0. The van der Waals surface area contributed by atoms with Gasteiger partial charge in [-0.25, -0.2) is 0 Å². The van der Waals surface area contributed by atoms with E-state index in [1.54, 1.807) is 0 Å². The van der Waals surface area contributed by atoms with Crippen LogP contribution in [0.25, 0.3) is 0 Å². The largest absolute Gasteiger partial charge is 0.383 e. The van der Waals surface area contributed by atoms with E-state index >= 15 is 0 Å². The van der Waals surface area contributed by atoms with Crippen LogP contribution in [0, 0.1) is 11.3 Å². The highest BCUT2D eigenvalue weighted by atomic mass is 79.9. The molecule has 1 aliphatic heterocycles. The number of piperidine rings is 1. The molecular weight excluding hydrogens is 278 g/mol. The zero-order valence-corrected chi connectivity index (χ0v) is 11.3. The molecule has 1 aromatic rings. The van der Waals surface area contributed by atoms with Gasteiger partial charge in [0.25, 0.3) is 0 Å². The summed E-state index contributed by atoms with van der Waals surface area (Å²) in [5.41, 5.74) is 1.73. The predicted molar refractivity (Wildman–Crippen MR) is 73.0 cm³/mol. The number of hydrogen-bond donors (Lipinski definition) is 2. The Hall–Kier alpha value is -1.05. The average molecular weight is 294 g/mol. The second kappa shape index (κ2) is 6.04. The number of rotatable bonds is 3. The summed E-state index contributed by atoms with van der Waals surface area (Å²) >= 11 is 3.40. The van der Waals surface area contributed by atoms with E-state index in [9.17, 15) is 0 Å². The van der Waals surface area contributed by atoms with E-state index in [0.717, 1.165) is 23.2 Å². The summed E-state index contributed by atoms with van der Waals surface area (Å²) in [6.07, 6.45) is 3.85. The molecule has 1 aromatic carbocycles. The van der Waals surface area contributed by atoms with Crippen molar-refractivity contribution in [3.05, 3.63) is 28.2 Å². The SMILES string of the molecule is N#Cc1ccc(NCC2CCCCN2)cc1Br. The van der Waals surface area contributed by atoms with Crippen LogP contribution in [0.15, 0.2) is 22.7 Å². The Morgan fingerprint density at radius 1 is 1.47 bits per heavy atom. The molecule has 90 valence electrons. The second-order valence-electron chi connectivity index (χ2n) is 4.33. The lowest BCUT2D eigenvalue weighted by Gasteiger charge is -2.24. The van der Waals surface area contributed by atoms with Gasteiger partial charge in [-0.2, -0.15) is 5.26 Å². The molecule has 17 heavy (non-hydrogen) atoms. The van der Waals surface area contributed by atoms with Crippen LogP contribution in [-0.4, -0.2) is 19.1 Å². The van der Waals surface area contributed by atoms with Gasteiger partial charge in [-0.05, 0) is 53.5 Å². The van der Waals surface area contributed by atoms with Gasteiger partial charge in [-0.15, -0.1) is 0 Å². The van der Waals surface area contributed by atoms with Gasteiger partial charge in [0.2, 0.25) is 0 Å². The molecule has 1 fully saturated rings. The molecule has 1 heterocycles. The van der Waals surface area contributed by atoms with Gasteiger partial charge in [0.15, 0.2) is 0 Å². The van der Waals surface area contributed by atoms with Crippen LogP contribution in [0.2, 0.25) is 0 Å². The molecule has 0 saturated carbocycles. The van der Waals surface area contributed by atoms with Crippen LogP contribution in [0.4, 0.5) is 5.69 Å². The number of halogens is 1. The van der Waals surface area contributed by atoms with Gasteiger partial charge in [0.1, 0.15) is 6.07 Å². The minimum atomic E-state index is 0.568. The zero-order valence-electron chi connectivity index (χ0n) is 9.67. The molecular formula is C13H16BrN3. The van der Waals surface area contributed by atoms with Crippen LogP contribution < -0.4 is 10.6 Å². The minimum absolute atomic E-state index is 0.568. The summed E-state index contributed by atoms with van der Waals surface area (Å²) in [4.78, 5) is 0. The van der Waals surface area contributed by atoms with Crippen molar-refractivity contribution in [2.24, 2.45) is 0 Å². The van der Waals surface area contributed by atoms with Crippen LogP contribution in [0.1, 0.15) is 24.8 Å². The quantitative estimate of drug-likeness (QED) is 0.901. The van der Waals surface area contributed by atoms with Crippen LogP contribution in [0.5, 0.6) is 0 Å². The van der Waals surface area contributed by atoms with Crippen molar-refractivity contribution in [3.63, 3.8) is 0 Å². The summed E-state index contributed by atoms with van der Waals surface area (Å²) in [7, 11) is 0. The molecule has 1 aliphatic rings. The Morgan fingerprint density at radius 2 is 2.35 bits per heavy atom. The third-order valence-electron chi connectivity index (χ3n) is 3.05. The third-order valence-corrected chi connectivity index (χ3v) is 3.71. The fourth-order valence-corrected chi connectivity index (χ4v) is 2.52. The van der Waals surface area contributed by atoms with Gasteiger partial charge in [-0.1, -0.05) is 6.42 Å². The van der Waals surface area contributed by atoms with E-state index in [1.807, 2.05) is 18.2 Å². The van der Waals surface area contributed by atoms with Gasteiger partial charge in [0.05, 0.1) is 5.56 Å². The first kappa shape index (κ1) is 12.4. The molecule has 0 radical (unpaired) electrons. The number of anilines is 1. The number of nitriles is 1. The number of nitrogens with one attached hydrogen (secondary N) is 2. The van der Waals surface area contributed by atoms with Gasteiger partial charge in [-0.3, -0.25) is 0 Å². The Morgan fingerprint density at radius 3 is 3.00 bits per heavy atom. The molecule has 0 aliphatic carbocycles. The van der Waals surface area contributed by atoms with Crippen molar-refractivity contribution in [3.8, 4) is 6.07 Å². The van der Waals surface area contributed by atoms with E-state index in [4.69, 9.17) is 5.26 Å². The standard InChI is InChI=1S/C13H16BrN3/c14-13-7-11(5-4-10(13)8-15)17-9-12-3-1-2-6-16-12/h4-5,7,12,16-17H,1-3,6,9H2. The molecule has 0 bridgehead atoms. The lowest BCUT2D eigenvalue weighted by Crippen LogP contribution is -2.39. The predicted octanol–water partition coefficient (Wildman–Crippen LogP) is 2.87. The molecule has 0 aromatic heterocycles. The summed E-state index contributed by atoms with van der Waals surface area (Å²) in [6.45, 7) is 2.07. The molecule has 2 rings (SSSR count). The van der Waals surface area contributed by atoms with E-state index in [-0.39, 0.29) is 0 Å². The van der Waals surface area contributed by atoms with Gasteiger partial charge >= 0.3 is 0 Å². The van der Waals surface area contributed by atoms with E-state index < -0.39 is 0 Å². The van der Waals surface area contributed by atoms with Crippen molar-refractivity contribution in [2.45, 2.75) is 25.3 Å². The Kier molecular flexibility index (Phi) is 4.41. The Labute approximate surface area is 110 Å². The monoisotopic (exact) mass is 293 g/mol. The van der Waals surface area contributed by atoms with Crippen LogP contribution in [-0.2, 0) is 0 Å². The normalized spacial score (nSPS) is 19.6. The first-order valence-electron chi connectivity index (χ1n) is 5.96. The van der Waals surface area contributed by atoms with Crippen molar-refractivity contribution in [2.75, 3.05) is 18.4 Å². The maximum absolute atomic E-state index is 8.83. The fourth-order valence-electron chi connectivity index (χ4n) is 2.06. The lowest BCUT2D eigenvalue weighted by molar-refractivity contribution is 0.414. The van der Waals surface area contributed by atoms with E-state index in [2.05, 4.69) is 32.6 Å². The number of nitrogens with zero attached hydrogens (tertiary/aromatic N) is 1. The lowest BCUT2D eigenvalue weighted by atomic mass is 10.1. The van der Waals surface area contributed by atoms with Crippen LogP contribution >= 0.6 is 15.9 Å². The number of benzene rings is 1. The van der Waals surface area contributed by atoms with E-state index in [1.165, 1.54) is 19.3 Å². The molecule has 3 nitrogen and oxygen atoms in total. The first-order valence-corrected chi connectivity index (χ1v) is 6.76. The van der Waals surface area contributed by atoms with Crippen molar-refractivity contribution >= 4 is 21.6 Å². The number of hydrogen-bond acceptors (Lipinski definition) is 3. The van der Waals surface area contributed by atoms with Gasteiger partial charge < -0.3 is 10.6 Å². The summed E-state index contributed by atoms with van der Waals surface area (Å²) in [6, 6.07) is 8.45. The first-order chi connectivity index (χ1) is 8.29. The highest BCUT2D eigenvalue weighted by molar-refractivity contribution is 9.10. The highest BCUT2D eigenvalue weighted by Crippen LogP contribution is 2.21. The molecule has 4 heteroatoms. The molecule has 2 N–H and O–H groups in total. The van der Waals surface area contributed by atoms with E-state index in [0.29, 0.717) is 11.6 Å². The topological polar surface area (TPSA) is 47.9 Å². The molecule has 0 spiro atoms. The molecule has 1 atom stereocenters. The third kappa shape index (κ3) is 3.45. The summed E-state index contributed by atoms with van der Waals surface area (Å²) in [5, 5.41) is 15.7. The minimum Gasteiger partial charge on any atom is -0.383 e.